The van der Waals surface area contributed by atoms with Gasteiger partial charge in [-0.3, -0.25) is 19.7 Å². The topological polar surface area (TPSA) is 99.8 Å². The summed E-state index contributed by atoms with van der Waals surface area (Å²) in [6.07, 6.45) is 2.83. The first-order chi connectivity index (χ1) is 14.5. The molecule has 1 aromatic rings. The van der Waals surface area contributed by atoms with E-state index in [-0.39, 0.29) is 29.6 Å². The third-order valence-electron chi connectivity index (χ3n) is 6.53. The van der Waals surface area contributed by atoms with Crippen LogP contribution in [0.1, 0.15) is 47.2 Å². The minimum Gasteiger partial charge on any atom is -0.384 e. The van der Waals surface area contributed by atoms with E-state index in [1.165, 1.54) is 0 Å². The van der Waals surface area contributed by atoms with Gasteiger partial charge in [0.25, 0.3) is 5.91 Å². The van der Waals surface area contributed by atoms with Crippen LogP contribution in [-0.4, -0.2) is 62.0 Å². The van der Waals surface area contributed by atoms with E-state index >= 15 is 0 Å². The number of imide groups is 1. The highest BCUT2D eigenvalue weighted by Gasteiger charge is 2.39. The second-order valence-corrected chi connectivity index (χ2v) is 8.68. The third kappa shape index (κ3) is 4.26. The minimum atomic E-state index is -0.571. The molecule has 1 unspecified atom stereocenters. The van der Waals surface area contributed by atoms with Crippen LogP contribution in [0.15, 0.2) is 18.2 Å². The molecule has 3 heterocycles. The van der Waals surface area contributed by atoms with Crippen molar-refractivity contribution in [2.45, 2.75) is 44.8 Å². The molecule has 1 atom stereocenters. The Morgan fingerprint density at radius 1 is 1.23 bits per heavy atom. The van der Waals surface area contributed by atoms with Gasteiger partial charge in [-0.05, 0) is 49.5 Å². The molecule has 2 fully saturated rings. The third-order valence-corrected chi connectivity index (χ3v) is 6.53. The number of methoxy groups -OCH3 is 1. The van der Waals surface area contributed by atoms with Crippen molar-refractivity contribution in [1.82, 2.24) is 20.9 Å². The molecule has 3 amide bonds. The molecule has 8 nitrogen and oxygen atoms in total. The lowest BCUT2D eigenvalue weighted by Crippen LogP contribution is -2.52. The van der Waals surface area contributed by atoms with Crippen LogP contribution in [0.5, 0.6) is 0 Å². The lowest BCUT2D eigenvalue weighted by atomic mass is 9.79. The molecule has 0 radical (unpaired) electrons. The quantitative estimate of drug-likeness (QED) is 0.564. The number of ether oxygens (including phenoxy) is 1. The highest BCUT2D eigenvalue weighted by molar-refractivity contribution is 6.05. The second-order valence-electron chi connectivity index (χ2n) is 8.68. The number of nitrogens with zero attached hydrogens (tertiary/aromatic N) is 1. The smallest absolute Gasteiger partial charge is 0.255 e. The van der Waals surface area contributed by atoms with Crippen LogP contribution in [0, 0.1) is 5.41 Å². The fourth-order valence-electron chi connectivity index (χ4n) is 4.85. The monoisotopic (exact) mass is 414 g/mol. The number of rotatable bonds is 7. The zero-order valence-corrected chi connectivity index (χ0v) is 17.5. The summed E-state index contributed by atoms with van der Waals surface area (Å²) in [6, 6.07) is 5.31. The molecule has 3 aliphatic heterocycles. The van der Waals surface area contributed by atoms with Crippen molar-refractivity contribution in [1.29, 1.82) is 0 Å². The zero-order valence-electron chi connectivity index (χ0n) is 17.5. The highest BCUT2D eigenvalue weighted by Crippen LogP contribution is 2.30. The first kappa shape index (κ1) is 21.0. The molecule has 0 bridgehead atoms. The maximum Gasteiger partial charge on any atom is 0.255 e. The summed E-state index contributed by atoms with van der Waals surface area (Å²) in [5.41, 5.74) is 2.87. The van der Waals surface area contributed by atoms with Gasteiger partial charge in [-0.15, -0.1) is 0 Å². The Hall–Kier alpha value is -2.29. The van der Waals surface area contributed by atoms with Gasteiger partial charge in [-0.25, -0.2) is 0 Å². The van der Waals surface area contributed by atoms with E-state index in [1.54, 1.807) is 12.0 Å². The van der Waals surface area contributed by atoms with Crippen molar-refractivity contribution in [3.05, 3.63) is 34.9 Å². The average Bonchev–Trinajstić information content (AvgIpc) is 3.05. The van der Waals surface area contributed by atoms with E-state index in [2.05, 4.69) is 22.0 Å². The zero-order chi connectivity index (χ0) is 21.1. The van der Waals surface area contributed by atoms with E-state index in [0.717, 1.165) is 56.8 Å². The maximum atomic E-state index is 12.8. The normalized spacial score (nSPS) is 23.4. The molecule has 0 saturated carbocycles. The van der Waals surface area contributed by atoms with Crippen molar-refractivity contribution in [2.24, 2.45) is 5.41 Å². The molecule has 0 spiro atoms. The van der Waals surface area contributed by atoms with Crippen molar-refractivity contribution in [2.75, 3.05) is 33.4 Å². The van der Waals surface area contributed by atoms with Gasteiger partial charge < -0.3 is 20.3 Å². The molecule has 1 aromatic carbocycles. The second kappa shape index (κ2) is 8.83. The molecular formula is C22H30N4O4. The minimum absolute atomic E-state index is 0.132. The lowest BCUT2D eigenvalue weighted by Gasteiger charge is -2.37. The molecule has 162 valence electrons. The van der Waals surface area contributed by atoms with Gasteiger partial charge in [0.2, 0.25) is 11.8 Å². The molecule has 8 heteroatoms. The summed E-state index contributed by atoms with van der Waals surface area (Å²) in [7, 11) is 1.76. The van der Waals surface area contributed by atoms with E-state index < -0.39 is 6.04 Å². The van der Waals surface area contributed by atoms with E-state index in [0.29, 0.717) is 18.5 Å². The first-order valence-electron chi connectivity index (χ1n) is 10.7. The molecule has 0 aliphatic carbocycles. The number of benzene rings is 1. The molecule has 0 aromatic heterocycles. The van der Waals surface area contributed by atoms with E-state index in [1.807, 2.05) is 12.1 Å². The number of carbonyl (C=O) groups is 3. The molecule has 4 rings (SSSR count). The van der Waals surface area contributed by atoms with Gasteiger partial charge in [0.05, 0.1) is 6.61 Å². The Bertz CT molecular complexity index is 829. The van der Waals surface area contributed by atoms with Gasteiger partial charge in [0.15, 0.2) is 0 Å². The Kier molecular flexibility index (Phi) is 6.17. The highest BCUT2D eigenvalue weighted by atomic mass is 16.5. The van der Waals surface area contributed by atoms with Crippen molar-refractivity contribution >= 4 is 17.7 Å². The maximum absolute atomic E-state index is 12.8. The largest absolute Gasteiger partial charge is 0.384 e. The van der Waals surface area contributed by atoms with Crippen LogP contribution in [0.4, 0.5) is 0 Å². The lowest BCUT2D eigenvalue weighted by molar-refractivity contribution is -0.136. The van der Waals surface area contributed by atoms with Crippen molar-refractivity contribution in [3.8, 4) is 0 Å². The van der Waals surface area contributed by atoms with Crippen LogP contribution >= 0.6 is 0 Å². The summed E-state index contributed by atoms with van der Waals surface area (Å²) in [4.78, 5) is 38.0. The summed E-state index contributed by atoms with van der Waals surface area (Å²) in [5, 5.41) is 9.33. The van der Waals surface area contributed by atoms with Gasteiger partial charge in [0.1, 0.15) is 6.04 Å². The SMILES string of the molecule is COCC1(CNCc2ccc3c(c2)CN(C2CCC(=O)NC2=O)C3=O)CCNCC1. The van der Waals surface area contributed by atoms with E-state index in [9.17, 15) is 14.4 Å². The summed E-state index contributed by atoms with van der Waals surface area (Å²) in [5.74, 6) is -0.777. The van der Waals surface area contributed by atoms with Gasteiger partial charge >= 0.3 is 0 Å². The van der Waals surface area contributed by atoms with Gasteiger partial charge in [0, 0.05) is 44.1 Å². The Morgan fingerprint density at radius 3 is 2.77 bits per heavy atom. The molecule has 3 N–H and O–H groups in total. The van der Waals surface area contributed by atoms with Crippen LogP contribution < -0.4 is 16.0 Å². The van der Waals surface area contributed by atoms with Crippen LogP contribution in [0.3, 0.4) is 0 Å². The molecule has 30 heavy (non-hydrogen) atoms. The fourth-order valence-corrected chi connectivity index (χ4v) is 4.85. The number of hydrogen-bond donors (Lipinski definition) is 3. The molecule has 3 aliphatic rings. The summed E-state index contributed by atoms with van der Waals surface area (Å²) >= 11 is 0. The summed E-state index contributed by atoms with van der Waals surface area (Å²) in [6.45, 7) is 4.80. The Labute approximate surface area is 176 Å². The van der Waals surface area contributed by atoms with Crippen molar-refractivity contribution < 1.29 is 19.1 Å². The molecular weight excluding hydrogens is 384 g/mol. The summed E-state index contributed by atoms with van der Waals surface area (Å²) < 4.78 is 5.48. The number of fused-ring (bicyclic) bond motifs is 1. The Balaban J connectivity index is 1.38. The predicted octanol–water partition coefficient (Wildman–Crippen LogP) is 0.553. The first-order valence-corrected chi connectivity index (χ1v) is 10.7. The van der Waals surface area contributed by atoms with Crippen LogP contribution in [0.25, 0.3) is 0 Å². The van der Waals surface area contributed by atoms with Gasteiger partial charge in [-0.2, -0.15) is 0 Å². The standard InChI is InChI=1S/C22H30N4O4/c1-30-14-22(6-8-23-9-7-22)13-24-11-15-2-3-17-16(10-15)12-26(21(17)29)18-4-5-19(27)25-20(18)28/h2-3,10,18,23-24H,4-9,11-14H2,1H3,(H,25,27,28). The number of piperidine rings is 2. The Morgan fingerprint density at radius 2 is 2.03 bits per heavy atom. The predicted molar refractivity (Wildman–Crippen MR) is 111 cm³/mol. The fraction of sp³-hybridized carbons (Fsp3) is 0.591. The number of amides is 3. The number of nitrogens with one attached hydrogen (secondary N) is 3. The average molecular weight is 415 g/mol. The molecule has 2 saturated heterocycles. The van der Waals surface area contributed by atoms with Crippen LogP contribution in [0.2, 0.25) is 0 Å². The number of carbonyl (C=O) groups excluding carboxylic acids is 3. The van der Waals surface area contributed by atoms with Crippen LogP contribution in [-0.2, 0) is 27.4 Å². The van der Waals surface area contributed by atoms with E-state index in [4.69, 9.17) is 4.74 Å². The van der Waals surface area contributed by atoms with Gasteiger partial charge in [-0.1, -0.05) is 12.1 Å². The number of hydrogen-bond acceptors (Lipinski definition) is 6. The van der Waals surface area contributed by atoms with Crippen molar-refractivity contribution in [3.63, 3.8) is 0 Å².